The van der Waals surface area contributed by atoms with Crippen molar-refractivity contribution in [2.24, 2.45) is 0 Å². The van der Waals surface area contributed by atoms with E-state index >= 15 is 0 Å². The van der Waals surface area contributed by atoms with Crippen molar-refractivity contribution in [3.63, 3.8) is 0 Å². The summed E-state index contributed by atoms with van der Waals surface area (Å²) in [7, 11) is 0. The van der Waals surface area contributed by atoms with Crippen molar-refractivity contribution in [1.29, 1.82) is 0 Å². The van der Waals surface area contributed by atoms with Crippen molar-refractivity contribution < 1.29 is 15.0 Å². The quantitative estimate of drug-likeness (QED) is 0.873. The molecule has 4 heteroatoms. The van der Waals surface area contributed by atoms with Gasteiger partial charge in [0, 0.05) is 13.1 Å². The molecule has 2 N–H and O–H groups in total. The Morgan fingerprint density at radius 1 is 1.47 bits per heavy atom. The highest BCUT2D eigenvalue weighted by Crippen LogP contribution is 2.25. The van der Waals surface area contributed by atoms with Crippen LogP contribution >= 0.6 is 0 Å². The fourth-order valence-electron chi connectivity index (χ4n) is 2.69. The van der Waals surface area contributed by atoms with Crippen molar-refractivity contribution in [3.05, 3.63) is 35.4 Å². The molecule has 1 aromatic rings. The molecule has 2 rings (SSSR count). The van der Waals surface area contributed by atoms with Crippen LogP contribution in [0, 0.1) is 0 Å². The van der Waals surface area contributed by atoms with Gasteiger partial charge >= 0.3 is 5.97 Å². The van der Waals surface area contributed by atoms with Crippen molar-refractivity contribution in [2.75, 3.05) is 13.1 Å². The van der Waals surface area contributed by atoms with E-state index in [0.717, 1.165) is 31.4 Å². The number of likely N-dealkylation sites (tertiary alicyclic amines) is 1. The second-order valence-electron chi connectivity index (χ2n) is 5.40. The Bertz CT molecular complexity index is 460. The zero-order valence-electron chi connectivity index (χ0n) is 11.3. The van der Waals surface area contributed by atoms with E-state index in [9.17, 15) is 9.90 Å². The van der Waals surface area contributed by atoms with Crippen molar-refractivity contribution >= 4 is 5.97 Å². The highest BCUT2D eigenvalue weighted by atomic mass is 16.4. The zero-order chi connectivity index (χ0) is 13.9. The third-order valence-corrected chi connectivity index (χ3v) is 3.87. The summed E-state index contributed by atoms with van der Waals surface area (Å²) in [6, 6.07) is 7.02. The van der Waals surface area contributed by atoms with Gasteiger partial charge in [0.05, 0.1) is 11.2 Å². The first-order valence-corrected chi connectivity index (χ1v) is 6.79. The number of β-amino-alcohol motifs (C(OH)–C–C–N with tert-alkyl or cyclic N) is 1. The summed E-state index contributed by atoms with van der Waals surface area (Å²) in [5.74, 6) is -0.898. The molecule has 104 valence electrons. The van der Waals surface area contributed by atoms with Gasteiger partial charge in [0.15, 0.2) is 0 Å². The smallest absolute Gasteiger partial charge is 0.335 e. The van der Waals surface area contributed by atoms with Crippen LogP contribution in [0.3, 0.4) is 0 Å². The molecule has 4 nitrogen and oxygen atoms in total. The van der Waals surface area contributed by atoms with Gasteiger partial charge in [-0.15, -0.1) is 0 Å². The summed E-state index contributed by atoms with van der Waals surface area (Å²) in [5, 5.41) is 19.3. The van der Waals surface area contributed by atoms with Gasteiger partial charge < -0.3 is 10.2 Å². The Labute approximate surface area is 113 Å². The number of hydrogen-bond donors (Lipinski definition) is 2. The standard InChI is InChI=1S/C15H21NO3/c1-2-15(19)7-4-8-16(11-15)10-12-5-3-6-13(9-12)14(17)18/h3,5-6,9,19H,2,4,7-8,10-11H2,1H3,(H,17,18)/t15-/m1/s1. The summed E-state index contributed by atoms with van der Waals surface area (Å²) < 4.78 is 0. The number of piperidine rings is 1. The Morgan fingerprint density at radius 3 is 2.95 bits per heavy atom. The van der Waals surface area contributed by atoms with Gasteiger partial charge in [0.25, 0.3) is 0 Å². The van der Waals surface area contributed by atoms with Crippen molar-refractivity contribution in [1.82, 2.24) is 4.90 Å². The minimum absolute atomic E-state index is 0.320. The highest BCUT2D eigenvalue weighted by Gasteiger charge is 2.31. The summed E-state index contributed by atoms with van der Waals surface area (Å²) >= 11 is 0. The fraction of sp³-hybridized carbons (Fsp3) is 0.533. The number of hydrogen-bond acceptors (Lipinski definition) is 3. The molecular formula is C15H21NO3. The number of nitrogens with zero attached hydrogens (tertiary/aromatic N) is 1. The molecule has 0 aliphatic carbocycles. The molecule has 1 saturated heterocycles. The van der Waals surface area contributed by atoms with Crippen LogP contribution in [-0.2, 0) is 6.54 Å². The van der Waals surface area contributed by atoms with E-state index in [1.807, 2.05) is 13.0 Å². The molecule has 0 bridgehead atoms. The second kappa shape index (κ2) is 5.72. The first-order chi connectivity index (χ1) is 9.02. The average molecular weight is 263 g/mol. The minimum atomic E-state index is -0.898. The second-order valence-corrected chi connectivity index (χ2v) is 5.40. The maximum absolute atomic E-state index is 10.9. The van der Waals surface area contributed by atoms with Gasteiger partial charge in [0.2, 0.25) is 0 Å². The molecule has 1 atom stereocenters. The van der Waals surface area contributed by atoms with E-state index in [-0.39, 0.29) is 0 Å². The Hall–Kier alpha value is -1.39. The van der Waals surface area contributed by atoms with E-state index in [1.54, 1.807) is 18.2 Å². The van der Waals surface area contributed by atoms with E-state index < -0.39 is 11.6 Å². The highest BCUT2D eigenvalue weighted by molar-refractivity contribution is 5.87. The van der Waals surface area contributed by atoms with Gasteiger partial charge in [-0.05, 0) is 43.5 Å². The topological polar surface area (TPSA) is 60.8 Å². The number of aliphatic hydroxyl groups is 1. The summed E-state index contributed by atoms with van der Waals surface area (Å²) in [5.41, 5.74) is 0.725. The van der Waals surface area contributed by atoms with Crippen LogP contribution in [-0.4, -0.2) is 39.8 Å². The number of benzene rings is 1. The molecule has 1 fully saturated rings. The largest absolute Gasteiger partial charge is 0.478 e. The molecule has 0 radical (unpaired) electrons. The number of carbonyl (C=O) groups is 1. The minimum Gasteiger partial charge on any atom is -0.478 e. The van der Waals surface area contributed by atoms with Crippen LogP contribution in [0.2, 0.25) is 0 Å². The molecular weight excluding hydrogens is 242 g/mol. The van der Waals surface area contributed by atoms with Gasteiger partial charge in [-0.2, -0.15) is 0 Å². The lowest BCUT2D eigenvalue weighted by Gasteiger charge is -2.38. The number of aromatic carboxylic acids is 1. The molecule has 0 aromatic heterocycles. The molecule has 0 amide bonds. The number of rotatable bonds is 4. The molecule has 0 spiro atoms. The lowest BCUT2D eigenvalue weighted by atomic mass is 9.90. The zero-order valence-corrected chi connectivity index (χ0v) is 11.3. The molecule has 0 unspecified atom stereocenters. The fourth-order valence-corrected chi connectivity index (χ4v) is 2.69. The number of carboxylic acids is 1. The van der Waals surface area contributed by atoms with Gasteiger partial charge in [0.1, 0.15) is 0 Å². The average Bonchev–Trinajstić information content (AvgIpc) is 2.39. The predicted molar refractivity (Wildman–Crippen MR) is 73.2 cm³/mol. The summed E-state index contributed by atoms with van der Waals surface area (Å²) in [6.45, 7) is 4.33. The lowest BCUT2D eigenvalue weighted by Crippen LogP contribution is -2.47. The summed E-state index contributed by atoms with van der Waals surface area (Å²) in [4.78, 5) is 13.1. The number of carboxylic acid groups (broad SMARTS) is 1. The van der Waals surface area contributed by atoms with Crippen LogP contribution in [0.15, 0.2) is 24.3 Å². The predicted octanol–water partition coefficient (Wildman–Crippen LogP) is 2.12. The van der Waals surface area contributed by atoms with Gasteiger partial charge in [-0.3, -0.25) is 4.90 Å². The van der Waals surface area contributed by atoms with E-state index in [1.165, 1.54) is 0 Å². The van der Waals surface area contributed by atoms with Gasteiger partial charge in [-0.25, -0.2) is 4.79 Å². The molecule has 1 heterocycles. The van der Waals surface area contributed by atoms with Crippen LogP contribution in [0.25, 0.3) is 0 Å². The Kier molecular flexibility index (Phi) is 4.22. The summed E-state index contributed by atoms with van der Waals surface area (Å²) in [6.07, 6.45) is 2.61. The van der Waals surface area contributed by atoms with Crippen LogP contribution in [0.1, 0.15) is 42.1 Å². The van der Waals surface area contributed by atoms with E-state index in [2.05, 4.69) is 4.90 Å². The van der Waals surface area contributed by atoms with Crippen molar-refractivity contribution in [3.8, 4) is 0 Å². The Morgan fingerprint density at radius 2 is 2.26 bits per heavy atom. The van der Waals surface area contributed by atoms with E-state index in [0.29, 0.717) is 18.7 Å². The normalized spacial score (nSPS) is 24.3. The maximum atomic E-state index is 10.9. The van der Waals surface area contributed by atoms with Crippen LogP contribution in [0.4, 0.5) is 0 Å². The first kappa shape index (κ1) is 14.0. The molecule has 1 aromatic carbocycles. The third kappa shape index (κ3) is 3.55. The van der Waals surface area contributed by atoms with E-state index in [4.69, 9.17) is 5.11 Å². The van der Waals surface area contributed by atoms with Crippen molar-refractivity contribution in [2.45, 2.75) is 38.3 Å². The SMILES string of the molecule is CC[C@@]1(O)CCCN(Cc2cccc(C(=O)O)c2)C1. The molecule has 1 aliphatic rings. The maximum Gasteiger partial charge on any atom is 0.335 e. The Balaban J connectivity index is 2.04. The molecule has 0 saturated carbocycles. The lowest BCUT2D eigenvalue weighted by molar-refractivity contribution is -0.0357. The first-order valence-electron chi connectivity index (χ1n) is 6.79. The third-order valence-electron chi connectivity index (χ3n) is 3.87. The van der Waals surface area contributed by atoms with Crippen LogP contribution < -0.4 is 0 Å². The molecule has 19 heavy (non-hydrogen) atoms. The van der Waals surface area contributed by atoms with Crippen LogP contribution in [0.5, 0.6) is 0 Å². The van der Waals surface area contributed by atoms with Gasteiger partial charge in [-0.1, -0.05) is 19.1 Å². The monoisotopic (exact) mass is 263 g/mol. The molecule has 1 aliphatic heterocycles.